The van der Waals surface area contributed by atoms with Gasteiger partial charge < -0.3 is 0 Å². The van der Waals surface area contributed by atoms with Crippen molar-refractivity contribution in [2.24, 2.45) is 0 Å². The van der Waals surface area contributed by atoms with Gasteiger partial charge in [-0.3, -0.25) is 9.97 Å². The van der Waals surface area contributed by atoms with Gasteiger partial charge in [-0.05, 0) is 63.4 Å². The molecule has 4 aromatic heterocycles. The topological polar surface area (TPSA) is 51.6 Å². The minimum atomic E-state index is 0.109. The first-order valence-electron chi connectivity index (χ1n) is 18.7. The molecule has 0 aliphatic heterocycles. The van der Waals surface area contributed by atoms with Gasteiger partial charge >= 0.3 is 0 Å². The highest BCUT2D eigenvalue weighted by Gasteiger charge is 2.16. The summed E-state index contributed by atoms with van der Waals surface area (Å²) in [6.45, 7) is 13.4. The lowest BCUT2D eigenvalue weighted by Gasteiger charge is -2.19. The van der Waals surface area contributed by atoms with Crippen LogP contribution in [0.3, 0.4) is 0 Å². The summed E-state index contributed by atoms with van der Waals surface area (Å²) in [5, 5.41) is 4.29. The van der Waals surface area contributed by atoms with E-state index in [1.165, 1.54) is 11.1 Å². The van der Waals surface area contributed by atoms with Crippen LogP contribution in [0.2, 0.25) is 0 Å². The van der Waals surface area contributed by atoms with E-state index in [9.17, 15) is 0 Å². The van der Waals surface area contributed by atoms with Gasteiger partial charge in [-0.15, -0.1) is 0 Å². The standard InChI is InChI=1S/C50H42N4/c1-49(2,3)41-20-14-31(15-21-41)43-24-18-33-10-12-37-27-39(29-51-45(37)47(33)53-43)35-8-7-9-36(26-35)40-28-38-13-11-34-19-25-44(54-48(34)46(38)52-30-40)32-16-22-42(23-17-32)50(4,5)6/h7-30H,1-6H3. The number of benzene rings is 5. The van der Waals surface area contributed by atoms with Gasteiger partial charge in [0.25, 0.3) is 0 Å². The Hall–Kier alpha value is -6.26. The molecule has 0 amide bonds. The maximum atomic E-state index is 5.12. The van der Waals surface area contributed by atoms with E-state index in [0.717, 1.165) is 88.4 Å². The smallest absolute Gasteiger partial charge is 0.0972 e. The van der Waals surface area contributed by atoms with Crippen molar-refractivity contribution in [2.75, 3.05) is 0 Å². The zero-order chi connectivity index (χ0) is 37.2. The molecule has 5 aromatic carbocycles. The van der Waals surface area contributed by atoms with Crippen molar-refractivity contribution in [1.82, 2.24) is 19.9 Å². The number of hydrogen-bond donors (Lipinski definition) is 0. The molecule has 0 radical (unpaired) electrons. The maximum Gasteiger partial charge on any atom is 0.0972 e. The van der Waals surface area contributed by atoms with Crippen LogP contribution in [0.4, 0.5) is 0 Å². The number of nitrogens with zero attached hydrogens (tertiary/aromatic N) is 4. The van der Waals surface area contributed by atoms with Crippen LogP contribution in [0, 0.1) is 0 Å². The van der Waals surface area contributed by atoms with Gasteiger partial charge in [0.15, 0.2) is 0 Å². The van der Waals surface area contributed by atoms with Crippen molar-refractivity contribution in [3.05, 3.63) is 157 Å². The lowest BCUT2D eigenvalue weighted by Crippen LogP contribution is -2.10. The molecule has 262 valence electrons. The summed E-state index contributed by atoms with van der Waals surface area (Å²) in [6, 6.07) is 47.7. The highest BCUT2D eigenvalue weighted by molar-refractivity contribution is 6.05. The summed E-state index contributed by atoms with van der Waals surface area (Å²) in [5.74, 6) is 0. The largest absolute Gasteiger partial charge is 0.253 e. The maximum absolute atomic E-state index is 5.12. The quantitative estimate of drug-likeness (QED) is 0.172. The van der Waals surface area contributed by atoms with E-state index in [4.69, 9.17) is 19.9 Å². The summed E-state index contributed by atoms with van der Waals surface area (Å²) in [4.78, 5) is 20.2. The Morgan fingerprint density at radius 1 is 0.333 bits per heavy atom. The fourth-order valence-corrected chi connectivity index (χ4v) is 7.36. The normalized spacial score (nSPS) is 12.3. The van der Waals surface area contributed by atoms with Crippen LogP contribution in [-0.2, 0) is 10.8 Å². The third kappa shape index (κ3) is 6.18. The highest BCUT2D eigenvalue weighted by Crippen LogP contribution is 2.34. The molecule has 4 nitrogen and oxygen atoms in total. The highest BCUT2D eigenvalue weighted by atomic mass is 14.8. The molecule has 0 aliphatic carbocycles. The van der Waals surface area contributed by atoms with E-state index < -0.39 is 0 Å². The number of aromatic nitrogens is 4. The van der Waals surface area contributed by atoms with Crippen molar-refractivity contribution in [3.63, 3.8) is 0 Å². The molecule has 0 saturated carbocycles. The van der Waals surface area contributed by atoms with Crippen LogP contribution >= 0.6 is 0 Å². The average molecular weight is 699 g/mol. The predicted molar refractivity (Wildman–Crippen MR) is 227 cm³/mol. The predicted octanol–water partition coefficient (Wildman–Crippen LogP) is 13.1. The van der Waals surface area contributed by atoms with Gasteiger partial charge in [-0.25, -0.2) is 9.97 Å². The molecule has 0 unspecified atom stereocenters. The molecule has 0 bridgehead atoms. The Morgan fingerprint density at radius 3 is 1.13 bits per heavy atom. The Morgan fingerprint density at radius 2 is 0.722 bits per heavy atom. The second-order valence-electron chi connectivity index (χ2n) is 16.5. The van der Waals surface area contributed by atoms with Crippen LogP contribution in [0.5, 0.6) is 0 Å². The van der Waals surface area contributed by atoms with Crippen molar-refractivity contribution in [2.45, 2.75) is 52.4 Å². The van der Waals surface area contributed by atoms with Crippen molar-refractivity contribution in [1.29, 1.82) is 0 Å². The Balaban J connectivity index is 1.03. The first-order chi connectivity index (χ1) is 26.0. The fourth-order valence-electron chi connectivity index (χ4n) is 7.36. The zero-order valence-electron chi connectivity index (χ0n) is 31.6. The second-order valence-corrected chi connectivity index (χ2v) is 16.5. The SMILES string of the molecule is CC(C)(C)c1ccc(-c2ccc3ccc4cc(-c5cccc(-c6cnc7c(ccc8ccc(-c9ccc(C(C)(C)C)cc9)nc87)c6)c5)cnc4c3n2)cc1. The lowest BCUT2D eigenvalue weighted by atomic mass is 9.86. The fraction of sp³-hybridized carbons (Fsp3) is 0.160. The molecule has 4 heteroatoms. The van der Waals surface area contributed by atoms with E-state index in [1.54, 1.807) is 0 Å². The molecule has 0 saturated heterocycles. The summed E-state index contributed by atoms with van der Waals surface area (Å²) in [6.07, 6.45) is 3.94. The minimum absolute atomic E-state index is 0.109. The molecule has 9 rings (SSSR count). The van der Waals surface area contributed by atoms with Gasteiger partial charge in [0.2, 0.25) is 0 Å². The molecule has 54 heavy (non-hydrogen) atoms. The Kier molecular flexibility index (Phi) is 7.90. The molecular formula is C50H42N4. The van der Waals surface area contributed by atoms with E-state index in [2.05, 4.69) is 175 Å². The van der Waals surface area contributed by atoms with Gasteiger partial charge in [0.1, 0.15) is 0 Å². The van der Waals surface area contributed by atoms with Gasteiger partial charge in [-0.2, -0.15) is 0 Å². The number of rotatable bonds is 4. The number of pyridine rings is 4. The van der Waals surface area contributed by atoms with Crippen molar-refractivity contribution in [3.8, 4) is 44.8 Å². The van der Waals surface area contributed by atoms with E-state index >= 15 is 0 Å². The van der Waals surface area contributed by atoms with Crippen molar-refractivity contribution >= 4 is 43.6 Å². The van der Waals surface area contributed by atoms with E-state index in [1.807, 2.05) is 12.4 Å². The molecule has 0 N–H and O–H groups in total. The summed E-state index contributed by atoms with van der Waals surface area (Å²) >= 11 is 0. The number of fused-ring (bicyclic) bond motifs is 6. The average Bonchev–Trinajstić information content (AvgIpc) is 3.19. The molecular weight excluding hydrogens is 657 g/mol. The molecule has 4 heterocycles. The van der Waals surface area contributed by atoms with Crippen LogP contribution in [-0.4, -0.2) is 19.9 Å². The third-order valence-electron chi connectivity index (χ3n) is 10.6. The molecule has 0 fully saturated rings. The third-order valence-corrected chi connectivity index (χ3v) is 10.6. The van der Waals surface area contributed by atoms with E-state index in [0.29, 0.717) is 0 Å². The van der Waals surface area contributed by atoms with Crippen LogP contribution in [0.15, 0.2) is 146 Å². The molecule has 9 aromatic rings. The summed E-state index contributed by atoms with van der Waals surface area (Å²) < 4.78 is 0. The summed E-state index contributed by atoms with van der Waals surface area (Å²) in [7, 11) is 0. The van der Waals surface area contributed by atoms with Gasteiger partial charge in [-0.1, -0.05) is 145 Å². The lowest BCUT2D eigenvalue weighted by molar-refractivity contribution is 0.590. The van der Waals surface area contributed by atoms with Gasteiger partial charge in [0, 0.05) is 56.2 Å². The summed E-state index contributed by atoms with van der Waals surface area (Å²) in [5.41, 5.74) is 14.9. The zero-order valence-corrected chi connectivity index (χ0v) is 31.6. The number of hydrogen-bond acceptors (Lipinski definition) is 4. The first-order valence-corrected chi connectivity index (χ1v) is 18.7. The first kappa shape index (κ1) is 33.6. The molecule has 0 spiro atoms. The second kappa shape index (κ2) is 12.7. The minimum Gasteiger partial charge on any atom is -0.253 e. The van der Waals surface area contributed by atoms with Gasteiger partial charge in [0.05, 0.1) is 33.5 Å². The van der Waals surface area contributed by atoms with Crippen LogP contribution < -0.4 is 0 Å². The molecule has 0 atom stereocenters. The monoisotopic (exact) mass is 698 g/mol. The van der Waals surface area contributed by atoms with Crippen LogP contribution in [0.1, 0.15) is 52.7 Å². The Bertz CT molecular complexity index is 2680. The molecule has 0 aliphatic rings. The van der Waals surface area contributed by atoms with E-state index in [-0.39, 0.29) is 10.8 Å². The van der Waals surface area contributed by atoms with Crippen LogP contribution in [0.25, 0.3) is 88.4 Å². The van der Waals surface area contributed by atoms with Crippen molar-refractivity contribution < 1.29 is 0 Å². The Labute approximate surface area is 316 Å².